The number of ether oxygens (including phenoxy) is 2. The van der Waals surface area contributed by atoms with Crippen molar-refractivity contribution in [3.05, 3.63) is 28.2 Å². The fourth-order valence-corrected chi connectivity index (χ4v) is 3.65. The normalized spacial score (nSPS) is 18.0. The van der Waals surface area contributed by atoms with Crippen LogP contribution >= 0.6 is 15.9 Å². The highest BCUT2D eigenvalue weighted by Crippen LogP contribution is 2.33. The number of benzene rings is 1. The van der Waals surface area contributed by atoms with Crippen LogP contribution in [0.3, 0.4) is 0 Å². The van der Waals surface area contributed by atoms with Gasteiger partial charge in [-0.25, -0.2) is 0 Å². The number of carbonyl (C=O) groups is 1. The summed E-state index contributed by atoms with van der Waals surface area (Å²) in [7, 11) is 3.31. The van der Waals surface area contributed by atoms with E-state index in [1.807, 2.05) is 18.2 Å². The molecule has 1 aromatic carbocycles. The molecule has 0 amide bonds. The van der Waals surface area contributed by atoms with E-state index in [1.165, 1.54) is 12.8 Å². The summed E-state index contributed by atoms with van der Waals surface area (Å²) in [6, 6.07) is 5.79. The first-order valence-electron chi connectivity index (χ1n) is 7.52. The molecule has 116 valence electrons. The van der Waals surface area contributed by atoms with Crippen LogP contribution in [-0.2, 0) is 16.0 Å². The van der Waals surface area contributed by atoms with Crippen LogP contribution in [0.15, 0.2) is 22.7 Å². The van der Waals surface area contributed by atoms with Crippen molar-refractivity contribution in [2.75, 3.05) is 14.2 Å². The van der Waals surface area contributed by atoms with Crippen molar-refractivity contribution in [2.24, 2.45) is 0 Å². The van der Waals surface area contributed by atoms with Gasteiger partial charge in [0.2, 0.25) is 0 Å². The average molecular weight is 355 g/mol. The maximum Gasteiger partial charge on any atom is 0.168 e. The van der Waals surface area contributed by atoms with Crippen molar-refractivity contribution < 1.29 is 14.3 Å². The van der Waals surface area contributed by atoms with Gasteiger partial charge in [-0.15, -0.1) is 0 Å². The van der Waals surface area contributed by atoms with Crippen LogP contribution in [0, 0.1) is 0 Å². The van der Waals surface area contributed by atoms with Crippen LogP contribution in [-0.4, -0.2) is 25.6 Å². The van der Waals surface area contributed by atoms with Crippen molar-refractivity contribution in [3.8, 4) is 5.75 Å². The largest absolute Gasteiger partial charge is 0.496 e. The van der Waals surface area contributed by atoms with Crippen molar-refractivity contribution in [3.63, 3.8) is 0 Å². The van der Waals surface area contributed by atoms with E-state index in [0.29, 0.717) is 6.42 Å². The molecule has 1 fully saturated rings. The van der Waals surface area contributed by atoms with Gasteiger partial charge >= 0.3 is 0 Å². The lowest BCUT2D eigenvalue weighted by molar-refractivity contribution is -0.142. The van der Waals surface area contributed by atoms with Crippen molar-refractivity contribution in [1.29, 1.82) is 0 Å². The second-order valence-electron chi connectivity index (χ2n) is 5.68. The summed E-state index contributed by atoms with van der Waals surface area (Å²) in [5.41, 5.74) is 0.413. The minimum atomic E-state index is -0.580. The predicted molar refractivity (Wildman–Crippen MR) is 86.8 cm³/mol. The van der Waals surface area contributed by atoms with E-state index in [1.54, 1.807) is 14.2 Å². The number of hydrogen-bond acceptors (Lipinski definition) is 3. The Kier molecular flexibility index (Phi) is 5.82. The summed E-state index contributed by atoms with van der Waals surface area (Å²) in [4.78, 5) is 12.8. The molecular formula is C17H23BrO3. The van der Waals surface area contributed by atoms with Crippen LogP contribution in [0.2, 0.25) is 0 Å². The standard InChI is InChI=1S/C17H23BrO3/c1-20-15-8-7-13(11-14(15)18)12-16(19)17(21-2)9-5-3-4-6-10-17/h7-8,11H,3-6,9-10,12H2,1-2H3. The maximum atomic E-state index is 12.8. The van der Waals surface area contributed by atoms with E-state index in [0.717, 1.165) is 41.5 Å². The zero-order valence-corrected chi connectivity index (χ0v) is 14.4. The van der Waals surface area contributed by atoms with E-state index in [9.17, 15) is 4.79 Å². The summed E-state index contributed by atoms with van der Waals surface area (Å²) in [5, 5.41) is 0. The third-order valence-corrected chi connectivity index (χ3v) is 5.01. The molecule has 0 unspecified atom stereocenters. The van der Waals surface area contributed by atoms with Gasteiger partial charge in [-0.3, -0.25) is 4.79 Å². The van der Waals surface area contributed by atoms with E-state index in [-0.39, 0.29) is 5.78 Å². The SMILES string of the molecule is COc1ccc(CC(=O)C2(OC)CCCCCC2)cc1Br. The monoisotopic (exact) mass is 354 g/mol. The number of carbonyl (C=O) groups excluding carboxylic acids is 1. The average Bonchev–Trinajstić information content (AvgIpc) is 2.74. The Bertz CT molecular complexity index is 491. The number of Topliss-reactive ketones (excluding diaryl/α,β-unsaturated/α-hetero) is 1. The molecule has 0 saturated heterocycles. The third kappa shape index (κ3) is 3.86. The first-order chi connectivity index (χ1) is 10.1. The van der Waals surface area contributed by atoms with Gasteiger partial charge in [-0.1, -0.05) is 31.7 Å². The summed E-state index contributed by atoms with van der Waals surface area (Å²) < 4.78 is 11.8. The second-order valence-corrected chi connectivity index (χ2v) is 6.54. The molecule has 0 atom stereocenters. The van der Waals surface area contributed by atoms with Gasteiger partial charge in [0.25, 0.3) is 0 Å². The Balaban J connectivity index is 2.13. The first-order valence-corrected chi connectivity index (χ1v) is 8.31. The highest BCUT2D eigenvalue weighted by Gasteiger charge is 2.37. The molecule has 4 heteroatoms. The molecule has 0 spiro atoms. The number of ketones is 1. The minimum Gasteiger partial charge on any atom is -0.496 e. The maximum absolute atomic E-state index is 12.8. The summed E-state index contributed by atoms with van der Waals surface area (Å²) in [6.45, 7) is 0. The molecule has 21 heavy (non-hydrogen) atoms. The first kappa shape index (κ1) is 16.5. The Morgan fingerprint density at radius 1 is 1.19 bits per heavy atom. The van der Waals surface area contributed by atoms with Crippen LogP contribution < -0.4 is 4.74 Å². The van der Waals surface area contributed by atoms with Crippen LogP contribution in [0.5, 0.6) is 5.75 Å². The lowest BCUT2D eigenvalue weighted by atomic mass is 9.86. The Morgan fingerprint density at radius 2 is 1.86 bits per heavy atom. The highest BCUT2D eigenvalue weighted by atomic mass is 79.9. The number of halogens is 1. The quantitative estimate of drug-likeness (QED) is 0.739. The number of hydrogen-bond donors (Lipinski definition) is 0. The summed E-state index contributed by atoms with van der Waals surface area (Å²) in [5.74, 6) is 0.978. The van der Waals surface area contributed by atoms with Crippen LogP contribution in [0.25, 0.3) is 0 Å². The van der Waals surface area contributed by atoms with Gasteiger partial charge in [0.05, 0.1) is 11.6 Å². The Morgan fingerprint density at radius 3 is 2.38 bits per heavy atom. The molecule has 2 rings (SSSR count). The molecule has 0 aliphatic heterocycles. The van der Waals surface area contributed by atoms with Crippen LogP contribution in [0.1, 0.15) is 44.1 Å². The molecule has 0 bridgehead atoms. The molecular weight excluding hydrogens is 332 g/mol. The van der Waals surface area contributed by atoms with Gasteiger partial charge in [-0.2, -0.15) is 0 Å². The minimum absolute atomic E-state index is 0.198. The Labute approximate surface area is 135 Å². The molecule has 3 nitrogen and oxygen atoms in total. The molecule has 1 aliphatic rings. The highest BCUT2D eigenvalue weighted by molar-refractivity contribution is 9.10. The van der Waals surface area contributed by atoms with Gasteiger partial charge in [0, 0.05) is 13.5 Å². The molecule has 0 N–H and O–H groups in total. The summed E-state index contributed by atoms with van der Waals surface area (Å²) >= 11 is 3.47. The van der Waals surface area contributed by atoms with Crippen molar-refractivity contribution >= 4 is 21.7 Å². The second kappa shape index (κ2) is 7.41. The van der Waals surface area contributed by atoms with Gasteiger partial charge in [0.1, 0.15) is 11.4 Å². The summed E-state index contributed by atoms with van der Waals surface area (Å²) in [6.07, 6.45) is 6.66. The van der Waals surface area contributed by atoms with Crippen LogP contribution in [0.4, 0.5) is 0 Å². The van der Waals surface area contributed by atoms with Gasteiger partial charge in [0.15, 0.2) is 5.78 Å². The predicted octanol–water partition coefficient (Wildman–Crippen LogP) is 4.31. The van der Waals surface area contributed by atoms with E-state index in [2.05, 4.69) is 15.9 Å². The fraction of sp³-hybridized carbons (Fsp3) is 0.588. The third-order valence-electron chi connectivity index (χ3n) is 4.39. The smallest absolute Gasteiger partial charge is 0.168 e. The molecule has 1 saturated carbocycles. The van der Waals surface area contributed by atoms with Crippen molar-refractivity contribution in [1.82, 2.24) is 0 Å². The fourth-order valence-electron chi connectivity index (χ4n) is 3.06. The lowest BCUT2D eigenvalue weighted by Gasteiger charge is -2.29. The lowest BCUT2D eigenvalue weighted by Crippen LogP contribution is -2.41. The molecule has 0 radical (unpaired) electrons. The van der Waals surface area contributed by atoms with E-state index in [4.69, 9.17) is 9.47 Å². The zero-order chi connectivity index (χ0) is 15.3. The molecule has 0 heterocycles. The molecule has 1 aliphatic carbocycles. The zero-order valence-electron chi connectivity index (χ0n) is 12.8. The Hall–Kier alpha value is -0.870. The van der Waals surface area contributed by atoms with Gasteiger partial charge in [-0.05, 0) is 46.5 Å². The number of rotatable bonds is 5. The van der Waals surface area contributed by atoms with Crippen molar-refractivity contribution in [2.45, 2.75) is 50.5 Å². The van der Waals surface area contributed by atoms with Gasteiger partial charge < -0.3 is 9.47 Å². The van der Waals surface area contributed by atoms with E-state index >= 15 is 0 Å². The molecule has 1 aromatic rings. The topological polar surface area (TPSA) is 35.5 Å². The van der Waals surface area contributed by atoms with E-state index < -0.39 is 5.60 Å². The number of methoxy groups -OCH3 is 2. The molecule has 0 aromatic heterocycles.